The molecule has 12 N–H and O–H groups in total. The second-order valence-electron chi connectivity index (χ2n) is 7.68. The molecule has 0 aliphatic heterocycles. The summed E-state index contributed by atoms with van der Waals surface area (Å²) in [6.07, 6.45) is -1.87. The van der Waals surface area contributed by atoms with Gasteiger partial charge in [0, 0.05) is 6.42 Å². The van der Waals surface area contributed by atoms with Gasteiger partial charge < -0.3 is 48.5 Å². The first-order valence-electron chi connectivity index (χ1n) is 10.6. The highest BCUT2D eigenvalue weighted by Crippen LogP contribution is 2.05. The maximum Gasteiger partial charge on any atom is 0.326 e. The summed E-state index contributed by atoms with van der Waals surface area (Å²) in [6.45, 7) is 1.54. The van der Waals surface area contributed by atoms with Crippen molar-refractivity contribution in [2.24, 2.45) is 17.2 Å². The molecular formula is C19H34N6O9. The number of unbranched alkanes of at least 4 members (excludes halogenated alkanes) is 1. The van der Waals surface area contributed by atoms with Crippen LogP contribution >= 0.6 is 0 Å². The van der Waals surface area contributed by atoms with Crippen molar-refractivity contribution >= 4 is 35.6 Å². The second-order valence-corrected chi connectivity index (χ2v) is 7.68. The molecule has 0 saturated heterocycles. The fourth-order valence-electron chi connectivity index (χ4n) is 2.72. The number of nitrogens with one attached hydrogen (secondary N) is 3. The minimum Gasteiger partial charge on any atom is -0.481 e. The number of carbonyl (C=O) groups excluding carboxylic acids is 4. The van der Waals surface area contributed by atoms with Crippen molar-refractivity contribution in [3.63, 3.8) is 0 Å². The number of hydrogen-bond acceptors (Lipinski definition) is 9. The van der Waals surface area contributed by atoms with Crippen LogP contribution in [-0.4, -0.2) is 87.7 Å². The number of amides is 4. The van der Waals surface area contributed by atoms with Crippen LogP contribution in [-0.2, 0) is 28.8 Å². The van der Waals surface area contributed by atoms with E-state index in [0.717, 1.165) is 0 Å². The summed E-state index contributed by atoms with van der Waals surface area (Å²) in [5.41, 5.74) is 16.0. The van der Waals surface area contributed by atoms with Crippen LogP contribution in [0.25, 0.3) is 0 Å². The molecule has 0 aliphatic carbocycles. The normalized spacial score (nSPS) is 15.2. The van der Waals surface area contributed by atoms with Gasteiger partial charge in [0.25, 0.3) is 0 Å². The summed E-state index contributed by atoms with van der Waals surface area (Å²) < 4.78 is 0. The van der Waals surface area contributed by atoms with E-state index in [1.807, 2.05) is 0 Å². The molecule has 0 rings (SSSR count). The molecule has 0 fully saturated rings. The fourth-order valence-corrected chi connectivity index (χ4v) is 2.72. The van der Waals surface area contributed by atoms with Crippen molar-refractivity contribution < 1.29 is 44.1 Å². The summed E-state index contributed by atoms with van der Waals surface area (Å²) >= 11 is 0. The molecule has 194 valence electrons. The van der Waals surface area contributed by atoms with Crippen LogP contribution in [0, 0.1) is 0 Å². The Kier molecular flexibility index (Phi) is 14.0. The molecule has 0 aromatic carbocycles. The van der Waals surface area contributed by atoms with Gasteiger partial charge in [0.1, 0.15) is 24.2 Å². The van der Waals surface area contributed by atoms with Crippen molar-refractivity contribution in [3.8, 4) is 0 Å². The van der Waals surface area contributed by atoms with Crippen LogP contribution in [0.3, 0.4) is 0 Å². The summed E-state index contributed by atoms with van der Waals surface area (Å²) in [5, 5.41) is 34.4. The molecule has 0 aromatic heterocycles. The first-order chi connectivity index (χ1) is 15.8. The van der Waals surface area contributed by atoms with E-state index in [0.29, 0.717) is 19.4 Å². The molecule has 0 radical (unpaired) electrons. The standard InChI is InChI=1S/C19H34N6O9/c1-9(26)15(22)18(32)25-12(8-14(28)29)17(31)23-10(5-6-13(21)27)16(30)24-11(19(33)34)4-2-3-7-20/h9-12,15,26H,2-8,20,22H2,1H3,(H2,21,27)(H,23,31)(H,24,30)(H,25,32)(H,28,29)(H,33,34). The lowest BCUT2D eigenvalue weighted by molar-refractivity contribution is -0.143. The van der Waals surface area contributed by atoms with Gasteiger partial charge in [-0.05, 0) is 39.2 Å². The third-order valence-electron chi connectivity index (χ3n) is 4.71. The molecule has 0 bridgehead atoms. The van der Waals surface area contributed by atoms with E-state index in [1.54, 1.807) is 0 Å². The Morgan fingerprint density at radius 3 is 1.82 bits per heavy atom. The third-order valence-corrected chi connectivity index (χ3v) is 4.71. The predicted molar refractivity (Wildman–Crippen MR) is 117 cm³/mol. The maximum atomic E-state index is 12.7. The number of nitrogens with two attached hydrogens (primary N) is 3. The molecule has 0 saturated carbocycles. The topological polar surface area (TPSA) is 277 Å². The molecule has 5 unspecified atom stereocenters. The van der Waals surface area contributed by atoms with Crippen LogP contribution in [0.4, 0.5) is 0 Å². The number of aliphatic hydroxyl groups is 1. The van der Waals surface area contributed by atoms with E-state index in [1.165, 1.54) is 6.92 Å². The van der Waals surface area contributed by atoms with Gasteiger partial charge in [0.05, 0.1) is 12.5 Å². The van der Waals surface area contributed by atoms with E-state index in [4.69, 9.17) is 22.3 Å². The van der Waals surface area contributed by atoms with Gasteiger partial charge in [-0.2, -0.15) is 0 Å². The lowest BCUT2D eigenvalue weighted by Crippen LogP contribution is -2.58. The van der Waals surface area contributed by atoms with Crippen LogP contribution in [0.1, 0.15) is 45.4 Å². The molecular weight excluding hydrogens is 456 g/mol. The lowest BCUT2D eigenvalue weighted by atomic mass is 10.1. The Balaban J connectivity index is 5.55. The number of rotatable bonds is 17. The minimum atomic E-state index is -1.68. The van der Waals surface area contributed by atoms with Gasteiger partial charge in [-0.3, -0.25) is 24.0 Å². The maximum absolute atomic E-state index is 12.7. The van der Waals surface area contributed by atoms with E-state index < -0.39 is 72.3 Å². The summed E-state index contributed by atoms with van der Waals surface area (Å²) in [5.74, 6) is -6.66. The zero-order chi connectivity index (χ0) is 26.4. The molecule has 34 heavy (non-hydrogen) atoms. The lowest BCUT2D eigenvalue weighted by Gasteiger charge is -2.25. The van der Waals surface area contributed by atoms with Crippen molar-refractivity contribution in [1.82, 2.24) is 16.0 Å². The summed E-state index contributed by atoms with van der Waals surface area (Å²) in [4.78, 5) is 71.2. The zero-order valence-corrected chi connectivity index (χ0v) is 18.9. The first-order valence-corrected chi connectivity index (χ1v) is 10.6. The third kappa shape index (κ3) is 12.1. The smallest absolute Gasteiger partial charge is 0.326 e. The number of carbonyl (C=O) groups is 6. The Bertz CT molecular complexity index is 746. The average molecular weight is 491 g/mol. The van der Waals surface area contributed by atoms with Gasteiger partial charge >= 0.3 is 11.9 Å². The van der Waals surface area contributed by atoms with E-state index >= 15 is 0 Å². The van der Waals surface area contributed by atoms with E-state index in [9.17, 15) is 39.0 Å². The molecule has 0 heterocycles. The molecule has 0 aromatic rings. The fraction of sp³-hybridized carbons (Fsp3) is 0.684. The van der Waals surface area contributed by atoms with Crippen molar-refractivity contribution in [3.05, 3.63) is 0 Å². The molecule has 0 spiro atoms. The van der Waals surface area contributed by atoms with Crippen molar-refractivity contribution in [2.45, 2.75) is 75.7 Å². The largest absolute Gasteiger partial charge is 0.481 e. The van der Waals surface area contributed by atoms with Crippen LogP contribution in [0.2, 0.25) is 0 Å². The first kappa shape index (κ1) is 30.7. The number of carboxylic acid groups (broad SMARTS) is 2. The van der Waals surface area contributed by atoms with E-state index in [-0.39, 0.29) is 19.3 Å². The van der Waals surface area contributed by atoms with Crippen LogP contribution in [0.5, 0.6) is 0 Å². The number of aliphatic carboxylic acids is 2. The number of aliphatic hydroxyl groups excluding tert-OH is 1. The number of hydrogen-bond donors (Lipinski definition) is 9. The predicted octanol–water partition coefficient (Wildman–Crippen LogP) is -3.90. The Morgan fingerprint density at radius 2 is 1.35 bits per heavy atom. The Morgan fingerprint density at radius 1 is 0.824 bits per heavy atom. The molecule has 0 aliphatic rings. The van der Waals surface area contributed by atoms with E-state index in [2.05, 4.69) is 16.0 Å². The number of primary amides is 1. The van der Waals surface area contributed by atoms with Gasteiger partial charge in [0.15, 0.2) is 0 Å². The minimum absolute atomic E-state index is 0.0592. The van der Waals surface area contributed by atoms with Crippen LogP contribution in [0.15, 0.2) is 0 Å². The van der Waals surface area contributed by atoms with Gasteiger partial charge in [0.2, 0.25) is 23.6 Å². The summed E-state index contributed by atoms with van der Waals surface area (Å²) in [7, 11) is 0. The van der Waals surface area contributed by atoms with Gasteiger partial charge in [-0.25, -0.2) is 4.79 Å². The van der Waals surface area contributed by atoms with Gasteiger partial charge in [-0.1, -0.05) is 0 Å². The van der Waals surface area contributed by atoms with Gasteiger partial charge in [-0.15, -0.1) is 0 Å². The molecule has 15 heteroatoms. The second kappa shape index (κ2) is 15.5. The highest BCUT2D eigenvalue weighted by Gasteiger charge is 2.32. The monoisotopic (exact) mass is 490 g/mol. The Hall–Kier alpha value is -3.30. The molecule has 5 atom stereocenters. The van der Waals surface area contributed by atoms with Crippen molar-refractivity contribution in [2.75, 3.05) is 6.54 Å². The highest BCUT2D eigenvalue weighted by atomic mass is 16.4. The molecule has 4 amide bonds. The SMILES string of the molecule is CC(O)C(N)C(=O)NC(CC(=O)O)C(=O)NC(CCC(N)=O)C(=O)NC(CCCCN)C(=O)O. The van der Waals surface area contributed by atoms with Crippen molar-refractivity contribution in [1.29, 1.82) is 0 Å². The average Bonchev–Trinajstić information content (AvgIpc) is 2.73. The Labute approximate surface area is 195 Å². The zero-order valence-electron chi connectivity index (χ0n) is 18.9. The number of carboxylic acids is 2. The summed E-state index contributed by atoms with van der Waals surface area (Å²) in [6, 6.07) is -5.90. The molecule has 15 nitrogen and oxygen atoms in total. The van der Waals surface area contributed by atoms with Crippen LogP contribution < -0.4 is 33.2 Å². The highest BCUT2D eigenvalue weighted by molar-refractivity contribution is 5.95. The quantitative estimate of drug-likeness (QED) is 0.0888.